The van der Waals surface area contributed by atoms with Gasteiger partial charge in [0.1, 0.15) is 0 Å². The Morgan fingerprint density at radius 2 is 2.15 bits per heavy atom. The molecule has 0 fully saturated rings. The molecular formula is C11H13BrO. The molecule has 1 nitrogen and oxygen atoms in total. The standard InChI is InChI=1S/C11H13BrO/c1-2-5-10(13)8-9-6-3-4-7-11(9)12/h2-4,6-7,10,13H,1,5,8H2/t10-/m1/s1. The van der Waals surface area contributed by atoms with Crippen molar-refractivity contribution in [2.75, 3.05) is 0 Å². The molecule has 1 rings (SSSR count). The Morgan fingerprint density at radius 3 is 2.77 bits per heavy atom. The molecule has 0 bridgehead atoms. The van der Waals surface area contributed by atoms with E-state index in [-0.39, 0.29) is 6.10 Å². The Hall–Kier alpha value is -0.600. The molecule has 0 heterocycles. The minimum Gasteiger partial charge on any atom is -0.392 e. The Kier molecular flexibility index (Phi) is 4.19. The molecule has 0 aliphatic carbocycles. The zero-order chi connectivity index (χ0) is 9.68. The lowest BCUT2D eigenvalue weighted by Crippen LogP contribution is -2.09. The van der Waals surface area contributed by atoms with Gasteiger partial charge in [-0.2, -0.15) is 0 Å². The average molecular weight is 241 g/mol. The molecule has 0 spiro atoms. The molecule has 0 aliphatic heterocycles. The number of aliphatic hydroxyl groups is 1. The van der Waals surface area contributed by atoms with E-state index in [4.69, 9.17) is 0 Å². The monoisotopic (exact) mass is 240 g/mol. The summed E-state index contributed by atoms with van der Waals surface area (Å²) in [5.74, 6) is 0. The van der Waals surface area contributed by atoms with Crippen molar-refractivity contribution in [3.05, 3.63) is 47.0 Å². The number of hydrogen-bond acceptors (Lipinski definition) is 1. The van der Waals surface area contributed by atoms with E-state index in [1.807, 2.05) is 24.3 Å². The van der Waals surface area contributed by atoms with Crippen LogP contribution in [-0.2, 0) is 6.42 Å². The van der Waals surface area contributed by atoms with E-state index in [1.165, 1.54) is 0 Å². The van der Waals surface area contributed by atoms with Crippen LogP contribution in [0.5, 0.6) is 0 Å². The molecule has 1 N–H and O–H groups in total. The number of benzene rings is 1. The number of rotatable bonds is 4. The summed E-state index contributed by atoms with van der Waals surface area (Å²) in [7, 11) is 0. The van der Waals surface area contributed by atoms with E-state index in [1.54, 1.807) is 6.08 Å². The Bertz CT molecular complexity index is 283. The molecule has 0 amide bonds. The molecule has 1 aromatic carbocycles. The first-order chi connectivity index (χ1) is 6.24. The number of aliphatic hydroxyl groups excluding tert-OH is 1. The molecule has 2 heteroatoms. The summed E-state index contributed by atoms with van der Waals surface area (Å²) >= 11 is 3.44. The fraction of sp³-hybridized carbons (Fsp3) is 0.273. The van der Waals surface area contributed by atoms with Gasteiger partial charge in [-0.15, -0.1) is 6.58 Å². The lowest BCUT2D eigenvalue weighted by Gasteiger charge is -2.08. The fourth-order valence-corrected chi connectivity index (χ4v) is 1.64. The lowest BCUT2D eigenvalue weighted by molar-refractivity contribution is 0.178. The zero-order valence-electron chi connectivity index (χ0n) is 7.41. The van der Waals surface area contributed by atoms with Gasteiger partial charge in [-0.3, -0.25) is 0 Å². The van der Waals surface area contributed by atoms with Gasteiger partial charge >= 0.3 is 0 Å². The molecule has 0 saturated carbocycles. The van der Waals surface area contributed by atoms with Gasteiger partial charge in [-0.1, -0.05) is 40.2 Å². The maximum atomic E-state index is 9.53. The highest BCUT2D eigenvalue weighted by atomic mass is 79.9. The Morgan fingerprint density at radius 1 is 1.46 bits per heavy atom. The molecule has 1 atom stereocenters. The third-order valence-electron chi connectivity index (χ3n) is 1.85. The van der Waals surface area contributed by atoms with Gasteiger partial charge in [0.15, 0.2) is 0 Å². The van der Waals surface area contributed by atoms with Gasteiger partial charge in [0.2, 0.25) is 0 Å². The van der Waals surface area contributed by atoms with Gasteiger partial charge in [0, 0.05) is 4.47 Å². The SMILES string of the molecule is C=CC[C@@H](O)Cc1ccccc1Br. The minimum absolute atomic E-state index is 0.323. The summed E-state index contributed by atoms with van der Waals surface area (Å²) in [6.07, 6.45) is 2.73. The summed E-state index contributed by atoms with van der Waals surface area (Å²) in [5.41, 5.74) is 1.14. The van der Waals surface area contributed by atoms with Crippen LogP contribution in [0.3, 0.4) is 0 Å². The third-order valence-corrected chi connectivity index (χ3v) is 2.63. The Labute approximate surface area is 87.2 Å². The first-order valence-corrected chi connectivity index (χ1v) is 5.05. The highest BCUT2D eigenvalue weighted by Gasteiger charge is 2.05. The van der Waals surface area contributed by atoms with Crippen molar-refractivity contribution in [2.24, 2.45) is 0 Å². The number of hydrogen-bond donors (Lipinski definition) is 1. The summed E-state index contributed by atoms with van der Waals surface area (Å²) < 4.78 is 1.05. The van der Waals surface area contributed by atoms with E-state index >= 15 is 0 Å². The van der Waals surface area contributed by atoms with Crippen molar-refractivity contribution in [1.82, 2.24) is 0 Å². The van der Waals surface area contributed by atoms with Gasteiger partial charge < -0.3 is 5.11 Å². The first-order valence-electron chi connectivity index (χ1n) is 4.26. The van der Waals surface area contributed by atoms with E-state index in [2.05, 4.69) is 22.5 Å². The molecule has 13 heavy (non-hydrogen) atoms. The molecule has 0 unspecified atom stereocenters. The minimum atomic E-state index is -0.323. The van der Waals surface area contributed by atoms with Gasteiger partial charge in [-0.25, -0.2) is 0 Å². The lowest BCUT2D eigenvalue weighted by atomic mass is 10.1. The predicted octanol–water partition coefficient (Wildman–Crippen LogP) is 2.93. The molecular weight excluding hydrogens is 228 g/mol. The van der Waals surface area contributed by atoms with Crippen LogP contribution in [-0.4, -0.2) is 11.2 Å². The quantitative estimate of drug-likeness (QED) is 0.803. The van der Waals surface area contributed by atoms with E-state index in [0.29, 0.717) is 12.8 Å². The van der Waals surface area contributed by atoms with Crippen molar-refractivity contribution in [2.45, 2.75) is 18.9 Å². The Balaban J connectivity index is 2.63. The molecule has 0 aromatic heterocycles. The van der Waals surface area contributed by atoms with Crippen LogP contribution in [0.2, 0.25) is 0 Å². The predicted molar refractivity (Wildman–Crippen MR) is 58.7 cm³/mol. The van der Waals surface area contributed by atoms with Crippen molar-refractivity contribution in [3.63, 3.8) is 0 Å². The van der Waals surface area contributed by atoms with Crippen LogP contribution >= 0.6 is 15.9 Å². The first kappa shape index (κ1) is 10.5. The molecule has 70 valence electrons. The summed E-state index contributed by atoms with van der Waals surface area (Å²) in [6, 6.07) is 7.93. The van der Waals surface area contributed by atoms with Crippen LogP contribution < -0.4 is 0 Å². The topological polar surface area (TPSA) is 20.2 Å². The zero-order valence-corrected chi connectivity index (χ0v) is 9.00. The highest BCUT2D eigenvalue weighted by Crippen LogP contribution is 2.18. The maximum absolute atomic E-state index is 9.53. The van der Waals surface area contributed by atoms with Crippen LogP contribution in [0.1, 0.15) is 12.0 Å². The summed E-state index contributed by atoms with van der Waals surface area (Å²) in [5, 5.41) is 9.53. The van der Waals surface area contributed by atoms with Gasteiger partial charge in [-0.05, 0) is 24.5 Å². The molecule has 0 radical (unpaired) electrons. The molecule has 0 saturated heterocycles. The van der Waals surface area contributed by atoms with Crippen molar-refractivity contribution in [1.29, 1.82) is 0 Å². The van der Waals surface area contributed by atoms with Crippen LogP contribution in [0.15, 0.2) is 41.4 Å². The largest absolute Gasteiger partial charge is 0.392 e. The van der Waals surface area contributed by atoms with Crippen LogP contribution in [0.4, 0.5) is 0 Å². The van der Waals surface area contributed by atoms with Gasteiger partial charge in [0.05, 0.1) is 6.10 Å². The van der Waals surface area contributed by atoms with Crippen molar-refractivity contribution in [3.8, 4) is 0 Å². The fourth-order valence-electron chi connectivity index (χ4n) is 1.19. The van der Waals surface area contributed by atoms with E-state index in [0.717, 1.165) is 10.0 Å². The van der Waals surface area contributed by atoms with Gasteiger partial charge in [0.25, 0.3) is 0 Å². The second kappa shape index (κ2) is 5.20. The second-order valence-electron chi connectivity index (χ2n) is 2.97. The summed E-state index contributed by atoms with van der Waals surface area (Å²) in [4.78, 5) is 0. The smallest absolute Gasteiger partial charge is 0.0615 e. The second-order valence-corrected chi connectivity index (χ2v) is 3.83. The summed E-state index contributed by atoms with van der Waals surface area (Å²) in [6.45, 7) is 3.59. The van der Waals surface area contributed by atoms with E-state index < -0.39 is 0 Å². The molecule has 1 aromatic rings. The van der Waals surface area contributed by atoms with Crippen molar-refractivity contribution >= 4 is 15.9 Å². The molecule has 0 aliphatic rings. The maximum Gasteiger partial charge on any atom is 0.0615 e. The average Bonchev–Trinajstić information content (AvgIpc) is 2.09. The van der Waals surface area contributed by atoms with Crippen LogP contribution in [0.25, 0.3) is 0 Å². The third kappa shape index (κ3) is 3.33. The highest BCUT2D eigenvalue weighted by molar-refractivity contribution is 9.10. The van der Waals surface area contributed by atoms with Crippen LogP contribution in [0, 0.1) is 0 Å². The van der Waals surface area contributed by atoms with Crippen molar-refractivity contribution < 1.29 is 5.11 Å². The normalized spacial score (nSPS) is 12.5. The van der Waals surface area contributed by atoms with E-state index in [9.17, 15) is 5.11 Å². The number of halogens is 1.